The Kier molecular flexibility index (Phi) is 3.49. The molecule has 0 aromatic heterocycles. The van der Waals surface area contributed by atoms with Gasteiger partial charge in [-0.15, -0.1) is 0 Å². The lowest BCUT2D eigenvalue weighted by atomic mass is 9.92. The predicted octanol–water partition coefficient (Wildman–Crippen LogP) is -0.514. The highest BCUT2D eigenvalue weighted by atomic mass is 16.5. The fourth-order valence-corrected chi connectivity index (χ4v) is 1.19. The monoisotopic (exact) mass is 172 g/mol. The highest BCUT2D eigenvalue weighted by Crippen LogP contribution is 2.10. The third-order valence-corrected chi connectivity index (χ3v) is 2.13. The van der Waals surface area contributed by atoms with Crippen LogP contribution in [0.5, 0.6) is 0 Å². The molecular formula is C8H16N2O2. The van der Waals surface area contributed by atoms with E-state index in [4.69, 9.17) is 10.5 Å². The molecule has 4 heteroatoms. The van der Waals surface area contributed by atoms with Crippen molar-refractivity contribution in [1.82, 2.24) is 5.32 Å². The molecule has 70 valence electrons. The van der Waals surface area contributed by atoms with Crippen LogP contribution in [0, 0.1) is 5.92 Å². The average Bonchev–Trinajstić information content (AvgIpc) is 1.82. The Labute approximate surface area is 72.5 Å². The van der Waals surface area contributed by atoms with Gasteiger partial charge in [0.2, 0.25) is 0 Å². The topological polar surface area (TPSA) is 64.3 Å². The smallest absolute Gasteiger partial charge is 0.307 e. The molecule has 1 heterocycles. The summed E-state index contributed by atoms with van der Waals surface area (Å²) in [5.74, 6) is 0.270. The number of hydrogen-bond donors (Lipinski definition) is 2. The molecule has 1 rings (SSSR count). The Morgan fingerprint density at radius 2 is 2.42 bits per heavy atom. The molecule has 4 nitrogen and oxygen atoms in total. The van der Waals surface area contributed by atoms with E-state index in [2.05, 4.69) is 5.32 Å². The van der Waals surface area contributed by atoms with E-state index in [0.717, 1.165) is 13.1 Å². The van der Waals surface area contributed by atoms with E-state index in [1.807, 2.05) is 0 Å². The van der Waals surface area contributed by atoms with Crippen LogP contribution in [0.3, 0.4) is 0 Å². The molecule has 0 aliphatic carbocycles. The molecule has 3 N–H and O–H groups in total. The minimum Gasteiger partial charge on any atom is -0.466 e. The third kappa shape index (κ3) is 2.46. The molecule has 1 aliphatic heterocycles. The number of carbonyl (C=O) groups excluding carboxylic acids is 1. The molecule has 0 aromatic carbocycles. The van der Waals surface area contributed by atoms with E-state index in [1.165, 1.54) is 0 Å². The Morgan fingerprint density at radius 1 is 1.75 bits per heavy atom. The minimum atomic E-state index is -0.183. The van der Waals surface area contributed by atoms with E-state index in [0.29, 0.717) is 18.9 Å². The predicted molar refractivity (Wildman–Crippen MR) is 45.6 cm³/mol. The largest absolute Gasteiger partial charge is 0.466 e. The summed E-state index contributed by atoms with van der Waals surface area (Å²) in [5.41, 5.74) is 5.77. The average molecular weight is 172 g/mol. The second-order valence-corrected chi connectivity index (χ2v) is 3.09. The van der Waals surface area contributed by atoms with Crippen LogP contribution in [-0.4, -0.2) is 31.7 Å². The fraction of sp³-hybridized carbons (Fsp3) is 0.875. The lowest BCUT2D eigenvalue weighted by Gasteiger charge is -2.31. The molecular weight excluding hydrogens is 156 g/mol. The summed E-state index contributed by atoms with van der Waals surface area (Å²) >= 11 is 0. The lowest BCUT2D eigenvalue weighted by Crippen LogP contribution is -2.52. The summed E-state index contributed by atoms with van der Waals surface area (Å²) < 4.78 is 4.79. The van der Waals surface area contributed by atoms with E-state index in [9.17, 15) is 4.79 Å². The summed E-state index contributed by atoms with van der Waals surface area (Å²) in [7, 11) is 0. The molecule has 0 aromatic rings. The Hall–Kier alpha value is -0.610. The maximum atomic E-state index is 11.0. The maximum Gasteiger partial charge on any atom is 0.307 e. The molecule has 0 bridgehead atoms. The molecule has 1 saturated heterocycles. The van der Waals surface area contributed by atoms with Gasteiger partial charge in [-0.05, 0) is 12.8 Å². The van der Waals surface area contributed by atoms with Crippen molar-refractivity contribution >= 4 is 5.97 Å². The van der Waals surface area contributed by atoms with Crippen molar-refractivity contribution in [3.05, 3.63) is 0 Å². The zero-order valence-corrected chi connectivity index (χ0v) is 7.38. The minimum absolute atomic E-state index is 0.0368. The molecule has 0 spiro atoms. The quantitative estimate of drug-likeness (QED) is 0.560. The van der Waals surface area contributed by atoms with Crippen LogP contribution in [0.4, 0.5) is 0 Å². The van der Waals surface area contributed by atoms with E-state index >= 15 is 0 Å². The fourth-order valence-electron chi connectivity index (χ4n) is 1.19. The van der Waals surface area contributed by atoms with Crippen LogP contribution in [-0.2, 0) is 9.53 Å². The van der Waals surface area contributed by atoms with Gasteiger partial charge in [0.05, 0.1) is 13.0 Å². The lowest BCUT2D eigenvalue weighted by molar-refractivity contribution is -0.143. The molecule has 0 radical (unpaired) electrons. The maximum absolute atomic E-state index is 11.0. The summed E-state index contributed by atoms with van der Waals surface area (Å²) in [6, 6.07) is -0.0368. The standard InChI is InChI=1S/C8H16N2O2/c1-2-12-8(11)3-7(9)6-4-10-5-6/h6-7,10H,2-5,9H2,1H3. The zero-order valence-electron chi connectivity index (χ0n) is 7.38. The first-order chi connectivity index (χ1) is 5.74. The Balaban J connectivity index is 2.15. The third-order valence-electron chi connectivity index (χ3n) is 2.13. The van der Waals surface area contributed by atoms with E-state index in [-0.39, 0.29) is 12.0 Å². The van der Waals surface area contributed by atoms with Crippen molar-refractivity contribution in [3.63, 3.8) is 0 Å². The number of esters is 1. The second-order valence-electron chi connectivity index (χ2n) is 3.09. The summed E-state index contributed by atoms with van der Waals surface area (Å²) in [6.07, 6.45) is 0.347. The van der Waals surface area contributed by atoms with Crippen LogP contribution < -0.4 is 11.1 Å². The van der Waals surface area contributed by atoms with Crippen molar-refractivity contribution in [1.29, 1.82) is 0 Å². The summed E-state index contributed by atoms with van der Waals surface area (Å²) in [6.45, 7) is 4.10. The number of nitrogens with two attached hydrogens (primary N) is 1. The Morgan fingerprint density at radius 3 is 2.83 bits per heavy atom. The van der Waals surface area contributed by atoms with Gasteiger partial charge in [-0.1, -0.05) is 0 Å². The van der Waals surface area contributed by atoms with E-state index in [1.54, 1.807) is 6.92 Å². The normalized spacial score (nSPS) is 19.8. The van der Waals surface area contributed by atoms with Crippen molar-refractivity contribution in [3.8, 4) is 0 Å². The SMILES string of the molecule is CCOC(=O)CC(N)C1CNC1. The molecule has 0 saturated carbocycles. The van der Waals surface area contributed by atoms with Crippen LogP contribution in [0.1, 0.15) is 13.3 Å². The molecule has 1 atom stereocenters. The molecule has 0 amide bonds. The van der Waals surface area contributed by atoms with Gasteiger partial charge >= 0.3 is 5.97 Å². The van der Waals surface area contributed by atoms with Crippen LogP contribution in [0.25, 0.3) is 0 Å². The molecule has 1 aliphatic rings. The van der Waals surface area contributed by atoms with Gasteiger partial charge in [-0.3, -0.25) is 4.79 Å². The molecule has 12 heavy (non-hydrogen) atoms. The van der Waals surface area contributed by atoms with Crippen molar-refractivity contribution in [2.75, 3.05) is 19.7 Å². The summed E-state index contributed by atoms with van der Waals surface area (Å²) in [5, 5.41) is 3.12. The number of nitrogens with one attached hydrogen (secondary N) is 1. The first-order valence-electron chi connectivity index (χ1n) is 4.36. The highest BCUT2D eigenvalue weighted by Gasteiger charge is 2.25. The summed E-state index contributed by atoms with van der Waals surface area (Å²) in [4.78, 5) is 11.0. The van der Waals surface area contributed by atoms with Gasteiger partial charge in [0.25, 0.3) is 0 Å². The molecule has 1 fully saturated rings. The van der Waals surface area contributed by atoms with Gasteiger partial charge < -0.3 is 15.8 Å². The first-order valence-corrected chi connectivity index (χ1v) is 4.36. The number of ether oxygens (including phenoxy) is 1. The second kappa shape index (κ2) is 4.42. The van der Waals surface area contributed by atoms with Gasteiger partial charge in [-0.25, -0.2) is 0 Å². The number of hydrogen-bond acceptors (Lipinski definition) is 4. The molecule has 1 unspecified atom stereocenters. The van der Waals surface area contributed by atoms with Crippen molar-refractivity contribution in [2.45, 2.75) is 19.4 Å². The van der Waals surface area contributed by atoms with Gasteiger partial charge in [-0.2, -0.15) is 0 Å². The van der Waals surface area contributed by atoms with Gasteiger partial charge in [0, 0.05) is 19.1 Å². The van der Waals surface area contributed by atoms with Crippen LogP contribution >= 0.6 is 0 Å². The van der Waals surface area contributed by atoms with Crippen molar-refractivity contribution < 1.29 is 9.53 Å². The number of rotatable bonds is 4. The van der Waals surface area contributed by atoms with Crippen LogP contribution in [0.15, 0.2) is 0 Å². The Bertz CT molecular complexity index is 157. The highest BCUT2D eigenvalue weighted by molar-refractivity contribution is 5.70. The van der Waals surface area contributed by atoms with Crippen molar-refractivity contribution in [2.24, 2.45) is 11.7 Å². The van der Waals surface area contributed by atoms with Crippen LogP contribution in [0.2, 0.25) is 0 Å². The number of carbonyl (C=O) groups is 1. The zero-order chi connectivity index (χ0) is 8.97. The van der Waals surface area contributed by atoms with Gasteiger partial charge in [0.1, 0.15) is 0 Å². The van der Waals surface area contributed by atoms with Gasteiger partial charge in [0.15, 0.2) is 0 Å². The van der Waals surface area contributed by atoms with E-state index < -0.39 is 0 Å². The first kappa shape index (κ1) is 9.48.